The van der Waals surface area contributed by atoms with E-state index in [2.05, 4.69) is 4.98 Å². The normalized spacial score (nSPS) is 21.1. The number of aliphatic carboxylic acids is 1. The summed E-state index contributed by atoms with van der Waals surface area (Å²) >= 11 is 0. The third kappa shape index (κ3) is 4.12. The van der Waals surface area contributed by atoms with Gasteiger partial charge >= 0.3 is 12.1 Å². The summed E-state index contributed by atoms with van der Waals surface area (Å²) in [5.41, 5.74) is 0.152. The number of likely N-dealkylation sites (tertiary alicyclic amines) is 1. The van der Waals surface area contributed by atoms with Gasteiger partial charge in [0.1, 0.15) is 5.60 Å². The molecule has 0 aliphatic carbocycles. The van der Waals surface area contributed by atoms with Crippen molar-refractivity contribution in [3.63, 3.8) is 0 Å². The summed E-state index contributed by atoms with van der Waals surface area (Å²) in [6.45, 7) is 5.75. The molecule has 1 N–H and O–H groups in total. The van der Waals surface area contributed by atoms with Gasteiger partial charge in [-0.25, -0.2) is 9.78 Å². The molecule has 1 aliphatic heterocycles. The molecule has 1 fully saturated rings. The largest absolute Gasteiger partial charge is 0.481 e. The fourth-order valence-electron chi connectivity index (χ4n) is 2.60. The molecule has 2 rings (SSSR count). The first-order chi connectivity index (χ1) is 10.7. The van der Waals surface area contributed by atoms with Crippen molar-refractivity contribution in [1.29, 1.82) is 0 Å². The molecule has 23 heavy (non-hydrogen) atoms. The maximum absolute atomic E-state index is 12.2. The predicted octanol–water partition coefficient (Wildman–Crippen LogP) is 2.13. The second-order valence-corrected chi connectivity index (χ2v) is 6.57. The minimum absolute atomic E-state index is 0.126. The quantitative estimate of drug-likeness (QED) is 0.917. The molecule has 7 heteroatoms. The zero-order valence-corrected chi connectivity index (χ0v) is 13.8. The van der Waals surface area contributed by atoms with Gasteiger partial charge in [-0.15, -0.1) is 0 Å². The third-order valence-corrected chi connectivity index (χ3v) is 3.69. The summed E-state index contributed by atoms with van der Waals surface area (Å²) in [5.74, 6) is -1.48. The summed E-state index contributed by atoms with van der Waals surface area (Å²) in [6, 6.07) is 3.47. The Balaban J connectivity index is 2.17. The van der Waals surface area contributed by atoms with Crippen LogP contribution in [0, 0.1) is 5.92 Å². The summed E-state index contributed by atoms with van der Waals surface area (Å²) < 4.78 is 10.3. The Morgan fingerprint density at radius 1 is 1.30 bits per heavy atom. The number of hydrogen-bond donors (Lipinski definition) is 1. The lowest BCUT2D eigenvalue weighted by molar-refractivity contribution is -0.141. The second-order valence-electron chi connectivity index (χ2n) is 6.57. The lowest BCUT2D eigenvalue weighted by Crippen LogP contribution is -2.35. The van der Waals surface area contributed by atoms with Crippen LogP contribution in [0.2, 0.25) is 0 Å². The molecule has 2 atom stereocenters. The third-order valence-electron chi connectivity index (χ3n) is 3.69. The van der Waals surface area contributed by atoms with Gasteiger partial charge in [-0.1, -0.05) is 6.07 Å². The van der Waals surface area contributed by atoms with Gasteiger partial charge in [0, 0.05) is 31.3 Å². The molecule has 0 aromatic carbocycles. The number of methoxy groups -OCH3 is 1. The van der Waals surface area contributed by atoms with Crippen LogP contribution in [0.1, 0.15) is 32.3 Å². The van der Waals surface area contributed by atoms with Crippen LogP contribution in [-0.4, -0.2) is 52.9 Å². The van der Waals surface area contributed by atoms with Crippen molar-refractivity contribution >= 4 is 12.1 Å². The molecule has 1 aliphatic rings. The fourth-order valence-corrected chi connectivity index (χ4v) is 2.60. The average Bonchev–Trinajstić information content (AvgIpc) is 2.91. The molecule has 0 saturated carbocycles. The van der Waals surface area contributed by atoms with Gasteiger partial charge in [0.2, 0.25) is 5.88 Å². The first-order valence-electron chi connectivity index (χ1n) is 7.42. The molecule has 126 valence electrons. The highest BCUT2D eigenvalue weighted by Crippen LogP contribution is 2.33. The van der Waals surface area contributed by atoms with E-state index in [0.717, 1.165) is 5.56 Å². The van der Waals surface area contributed by atoms with Crippen LogP contribution in [0.5, 0.6) is 5.88 Å². The average molecular weight is 322 g/mol. The topological polar surface area (TPSA) is 89.0 Å². The molecular formula is C16H22N2O5. The van der Waals surface area contributed by atoms with Crippen LogP contribution in [0.25, 0.3) is 0 Å². The number of carboxylic acids is 1. The van der Waals surface area contributed by atoms with Crippen LogP contribution in [0.3, 0.4) is 0 Å². The molecule has 7 nitrogen and oxygen atoms in total. The number of ether oxygens (including phenoxy) is 2. The highest BCUT2D eigenvalue weighted by Gasteiger charge is 2.41. The zero-order valence-electron chi connectivity index (χ0n) is 13.8. The van der Waals surface area contributed by atoms with Crippen molar-refractivity contribution in [3.05, 3.63) is 23.9 Å². The maximum atomic E-state index is 12.2. The van der Waals surface area contributed by atoms with Crippen LogP contribution >= 0.6 is 0 Å². The molecule has 2 heterocycles. The minimum Gasteiger partial charge on any atom is -0.481 e. The van der Waals surface area contributed by atoms with E-state index < -0.39 is 23.6 Å². The number of aromatic nitrogens is 1. The molecule has 1 aromatic heterocycles. The number of carbonyl (C=O) groups is 2. The van der Waals surface area contributed by atoms with Crippen LogP contribution in [0.4, 0.5) is 4.79 Å². The van der Waals surface area contributed by atoms with Gasteiger partial charge in [-0.05, 0) is 26.3 Å². The first-order valence-corrected chi connectivity index (χ1v) is 7.42. The van der Waals surface area contributed by atoms with Crippen LogP contribution < -0.4 is 4.74 Å². The predicted molar refractivity (Wildman–Crippen MR) is 82.5 cm³/mol. The summed E-state index contributed by atoms with van der Waals surface area (Å²) in [7, 11) is 1.52. The number of rotatable bonds is 3. The van der Waals surface area contributed by atoms with E-state index in [-0.39, 0.29) is 12.5 Å². The monoisotopic (exact) mass is 322 g/mol. The van der Waals surface area contributed by atoms with Crippen molar-refractivity contribution in [2.24, 2.45) is 5.92 Å². The van der Waals surface area contributed by atoms with E-state index in [9.17, 15) is 14.7 Å². The van der Waals surface area contributed by atoms with Crippen molar-refractivity contribution in [2.75, 3.05) is 20.2 Å². The molecule has 1 aromatic rings. The minimum atomic E-state index is -0.933. The highest BCUT2D eigenvalue weighted by molar-refractivity contribution is 5.75. The highest BCUT2D eigenvalue weighted by atomic mass is 16.6. The van der Waals surface area contributed by atoms with Crippen LogP contribution in [-0.2, 0) is 9.53 Å². The van der Waals surface area contributed by atoms with Gasteiger partial charge in [0.05, 0.1) is 13.0 Å². The molecule has 0 spiro atoms. The fraction of sp³-hybridized carbons (Fsp3) is 0.562. The number of pyridine rings is 1. The van der Waals surface area contributed by atoms with Gasteiger partial charge in [0.25, 0.3) is 0 Å². The van der Waals surface area contributed by atoms with E-state index >= 15 is 0 Å². The number of carbonyl (C=O) groups excluding carboxylic acids is 1. The Hall–Kier alpha value is -2.31. The number of hydrogen-bond acceptors (Lipinski definition) is 5. The Kier molecular flexibility index (Phi) is 4.77. The lowest BCUT2D eigenvalue weighted by Gasteiger charge is -2.24. The molecule has 1 saturated heterocycles. The first kappa shape index (κ1) is 17.1. The summed E-state index contributed by atoms with van der Waals surface area (Å²) in [6.07, 6.45) is 1.10. The lowest BCUT2D eigenvalue weighted by atomic mass is 9.90. The van der Waals surface area contributed by atoms with Crippen LogP contribution in [0.15, 0.2) is 18.3 Å². The van der Waals surface area contributed by atoms with Crippen molar-refractivity contribution in [1.82, 2.24) is 9.88 Å². The number of nitrogens with zero attached hydrogens (tertiary/aromatic N) is 2. The Labute approximate surface area is 135 Å². The van der Waals surface area contributed by atoms with E-state index in [1.165, 1.54) is 12.0 Å². The molecule has 0 radical (unpaired) electrons. The van der Waals surface area contributed by atoms with E-state index in [1.54, 1.807) is 39.1 Å². The van der Waals surface area contributed by atoms with Gasteiger partial charge in [0.15, 0.2) is 0 Å². The van der Waals surface area contributed by atoms with Crippen molar-refractivity contribution in [2.45, 2.75) is 32.3 Å². The standard InChI is InChI=1S/C16H22N2O5/c1-16(2,3)23-15(21)18-8-11(12(9-18)14(19)20)10-5-6-13(22-4)17-7-10/h5-7,11-12H,8-9H2,1-4H3,(H,19,20). The van der Waals surface area contributed by atoms with Gasteiger partial charge in [-0.3, -0.25) is 4.79 Å². The summed E-state index contributed by atoms with van der Waals surface area (Å²) in [4.78, 5) is 29.3. The smallest absolute Gasteiger partial charge is 0.410 e. The number of amides is 1. The molecular weight excluding hydrogens is 300 g/mol. The zero-order chi connectivity index (χ0) is 17.2. The number of carboxylic acid groups (broad SMARTS) is 1. The van der Waals surface area contributed by atoms with E-state index in [4.69, 9.17) is 9.47 Å². The Bertz CT molecular complexity index is 579. The van der Waals surface area contributed by atoms with E-state index in [1.807, 2.05) is 0 Å². The Morgan fingerprint density at radius 2 is 2.00 bits per heavy atom. The summed E-state index contributed by atoms with van der Waals surface area (Å²) in [5, 5.41) is 9.45. The second kappa shape index (κ2) is 6.44. The van der Waals surface area contributed by atoms with Crippen molar-refractivity contribution in [3.8, 4) is 5.88 Å². The molecule has 1 amide bonds. The SMILES string of the molecule is COc1ccc(C2CN(C(=O)OC(C)(C)C)CC2C(=O)O)cn1. The Morgan fingerprint density at radius 3 is 2.48 bits per heavy atom. The van der Waals surface area contributed by atoms with Gasteiger partial charge in [-0.2, -0.15) is 0 Å². The molecule has 0 bridgehead atoms. The molecule has 2 unspecified atom stereocenters. The van der Waals surface area contributed by atoms with E-state index in [0.29, 0.717) is 12.4 Å². The van der Waals surface area contributed by atoms with Gasteiger partial charge < -0.3 is 19.5 Å². The maximum Gasteiger partial charge on any atom is 0.410 e. The van der Waals surface area contributed by atoms with Crippen molar-refractivity contribution < 1.29 is 24.2 Å².